The fraction of sp³-hybridized carbons (Fsp3) is 0.583. The van der Waals surface area contributed by atoms with Gasteiger partial charge in [-0.25, -0.2) is 4.98 Å². The fourth-order valence-corrected chi connectivity index (χ4v) is 1.47. The lowest BCUT2D eigenvalue weighted by molar-refractivity contribution is 0.658. The summed E-state index contributed by atoms with van der Waals surface area (Å²) in [5.41, 5.74) is 1.20. The molecule has 0 bridgehead atoms. The molecule has 3 nitrogen and oxygen atoms in total. The zero-order chi connectivity index (χ0) is 10.5. The molecule has 82 valence electrons. The Hall–Kier alpha value is -1.09. The molecule has 1 saturated carbocycles. The van der Waals surface area contributed by atoms with Crippen LogP contribution in [0.25, 0.3) is 0 Å². The molecule has 1 aliphatic carbocycles. The van der Waals surface area contributed by atoms with E-state index < -0.39 is 0 Å². The molecule has 0 unspecified atom stereocenters. The van der Waals surface area contributed by atoms with E-state index in [0.29, 0.717) is 0 Å². The van der Waals surface area contributed by atoms with E-state index in [4.69, 9.17) is 0 Å². The van der Waals surface area contributed by atoms with Gasteiger partial charge in [0.2, 0.25) is 0 Å². The van der Waals surface area contributed by atoms with Crippen molar-refractivity contribution < 1.29 is 0 Å². The summed E-state index contributed by atoms with van der Waals surface area (Å²) in [6.45, 7) is 4.16. The van der Waals surface area contributed by atoms with Crippen molar-refractivity contribution in [2.24, 2.45) is 0 Å². The molecule has 0 spiro atoms. The molecule has 1 aromatic heterocycles. The summed E-state index contributed by atoms with van der Waals surface area (Å²) in [6.07, 6.45) is 5.79. The molecule has 1 aliphatic rings. The van der Waals surface area contributed by atoms with Gasteiger partial charge >= 0.3 is 0 Å². The van der Waals surface area contributed by atoms with Gasteiger partial charge < -0.3 is 10.6 Å². The van der Waals surface area contributed by atoms with Crippen LogP contribution in [0.4, 0.5) is 5.82 Å². The number of rotatable bonds is 6. The molecule has 1 aromatic rings. The Morgan fingerprint density at radius 2 is 2.20 bits per heavy atom. The second kappa shape index (κ2) is 5.12. The van der Waals surface area contributed by atoms with Crippen LogP contribution in [0.5, 0.6) is 0 Å². The van der Waals surface area contributed by atoms with Crippen molar-refractivity contribution in [3.63, 3.8) is 0 Å². The summed E-state index contributed by atoms with van der Waals surface area (Å²) >= 11 is 0. The minimum absolute atomic E-state index is 0.822. The summed E-state index contributed by atoms with van der Waals surface area (Å²) < 4.78 is 0. The first-order valence-electron chi connectivity index (χ1n) is 5.74. The maximum Gasteiger partial charge on any atom is 0.125 e. The molecule has 0 aliphatic heterocycles. The second-order valence-corrected chi connectivity index (χ2v) is 4.23. The maximum absolute atomic E-state index is 4.29. The van der Waals surface area contributed by atoms with Crippen LogP contribution in [0.2, 0.25) is 0 Å². The third-order valence-corrected chi connectivity index (χ3v) is 2.58. The predicted molar refractivity (Wildman–Crippen MR) is 63.1 cm³/mol. The number of nitrogens with zero attached hydrogens (tertiary/aromatic N) is 1. The lowest BCUT2D eigenvalue weighted by Crippen LogP contribution is -2.20. The maximum atomic E-state index is 4.29. The Balaban J connectivity index is 1.58. The van der Waals surface area contributed by atoms with E-state index in [1.165, 1.54) is 18.4 Å². The highest BCUT2D eigenvalue weighted by atomic mass is 15.0. The normalized spacial score (nSPS) is 15.3. The first kappa shape index (κ1) is 10.4. The summed E-state index contributed by atoms with van der Waals surface area (Å²) in [6, 6.07) is 4.93. The number of aromatic nitrogens is 1. The summed E-state index contributed by atoms with van der Waals surface area (Å²) in [5, 5.41) is 6.81. The SMILES string of the molecule is Cc1ccc(NCCCNC2CC2)nc1. The van der Waals surface area contributed by atoms with Gasteiger partial charge in [-0.05, 0) is 44.4 Å². The molecule has 0 radical (unpaired) electrons. The van der Waals surface area contributed by atoms with Crippen LogP contribution in [-0.4, -0.2) is 24.1 Å². The first-order chi connectivity index (χ1) is 7.34. The van der Waals surface area contributed by atoms with E-state index in [-0.39, 0.29) is 0 Å². The van der Waals surface area contributed by atoms with Crippen LogP contribution in [0.1, 0.15) is 24.8 Å². The van der Waals surface area contributed by atoms with Gasteiger partial charge in [-0.1, -0.05) is 6.07 Å². The largest absolute Gasteiger partial charge is 0.370 e. The summed E-state index contributed by atoms with van der Waals surface area (Å²) in [5.74, 6) is 0.979. The Morgan fingerprint density at radius 1 is 1.33 bits per heavy atom. The predicted octanol–water partition coefficient (Wildman–Crippen LogP) is 1.94. The number of aryl methyl sites for hydroxylation is 1. The Morgan fingerprint density at radius 3 is 2.87 bits per heavy atom. The molecule has 0 aromatic carbocycles. The van der Waals surface area contributed by atoms with E-state index in [2.05, 4.69) is 28.6 Å². The fourth-order valence-electron chi connectivity index (χ4n) is 1.47. The van der Waals surface area contributed by atoms with Crippen LogP contribution in [0.15, 0.2) is 18.3 Å². The quantitative estimate of drug-likeness (QED) is 0.697. The van der Waals surface area contributed by atoms with Gasteiger partial charge in [0.15, 0.2) is 0 Å². The highest BCUT2D eigenvalue weighted by Gasteiger charge is 2.19. The average molecular weight is 205 g/mol. The Kier molecular flexibility index (Phi) is 3.56. The van der Waals surface area contributed by atoms with Crippen LogP contribution >= 0.6 is 0 Å². The van der Waals surface area contributed by atoms with Crippen LogP contribution in [0, 0.1) is 6.92 Å². The zero-order valence-corrected chi connectivity index (χ0v) is 9.29. The minimum Gasteiger partial charge on any atom is -0.370 e. The van der Waals surface area contributed by atoms with Crippen molar-refractivity contribution in [1.82, 2.24) is 10.3 Å². The molecule has 1 fully saturated rings. The highest BCUT2D eigenvalue weighted by molar-refractivity contribution is 5.34. The van der Waals surface area contributed by atoms with Crippen molar-refractivity contribution in [3.8, 4) is 0 Å². The lowest BCUT2D eigenvalue weighted by Gasteiger charge is -2.06. The molecule has 0 atom stereocenters. The first-order valence-corrected chi connectivity index (χ1v) is 5.74. The number of hydrogen-bond acceptors (Lipinski definition) is 3. The minimum atomic E-state index is 0.822. The molecule has 15 heavy (non-hydrogen) atoms. The van der Waals surface area contributed by atoms with Gasteiger partial charge in [0.25, 0.3) is 0 Å². The molecule has 1 heterocycles. The van der Waals surface area contributed by atoms with Crippen LogP contribution < -0.4 is 10.6 Å². The molecular weight excluding hydrogens is 186 g/mol. The Labute approximate surface area is 91.3 Å². The second-order valence-electron chi connectivity index (χ2n) is 4.23. The number of pyridine rings is 1. The molecule has 0 amide bonds. The standard InChI is InChI=1S/C12H19N3/c1-10-3-6-12(15-9-10)14-8-2-7-13-11-4-5-11/h3,6,9,11,13H,2,4-5,7-8H2,1H3,(H,14,15). The van der Waals surface area contributed by atoms with Crippen molar-refractivity contribution in [1.29, 1.82) is 0 Å². The van der Waals surface area contributed by atoms with E-state index in [1.54, 1.807) is 0 Å². The third kappa shape index (κ3) is 3.88. The van der Waals surface area contributed by atoms with Crippen molar-refractivity contribution >= 4 is 5.82 Å². The summed E-state index contributed by atoms with van der Waals surface area (Å²) in [4.78, 5) is 4.29. The van der Waals surface area contributed by atoms with Crippen LogP contribution in [-0.2, 0) is 0 Å². The number of hydrogen-bond donors (Lipinski definition) is 2. The van der Waals surface area contributed by atoms with Gasteiger partial charge in [0.05, 0.1) is 0 Å². The van der Waals surface area contributed by atoms with Crippen molar-refractivity contribution in [2.75, 3.05) is 18.4 Å². The number of nitrogens with one attached hydrogen (secondary N) is 2. The monoisotopic (exact) mass is 205 g/mol. The van der Waals surface area contributed by atoms with E-state index in [9.17, 15) is 0 Å². The highest BCUT2D eigenvalue weighted by Crippen LogP contribution is 2.18. The molecule has 2 N–H and O–H groups in total. The topological polar surface area (TPSA) is 37.0 Å². The molecular formula is C12H19N3. The molecule has 0 saturated heterocycles. The zero-order valence-electron chi connectivity index (χ0n) is 9.29. The Bertz CT molecular complexity index is 290. The third-order valence-electron chi connectivity index (χ3n) is 2.58. The lowest BCUT2D eigenvalue weighted by atomic mass is 10.3. The van der Waals surface area contributed by atoms with Gasteiger partial charge in [-0.2, -0.15) is 0 Å². The van der Waals surface area contributed by atoms with Gasteiger partial charge in [-0.3, -0.25) is 0 Å². The van der Waals surface area contributed by atoms with Crippen molar-refractivity contribution in [2.45, 2.75) is 32.2 Å². The van der Waals surface area contributed by atoms with Gasteiger partial charge in [0, 0.05) is 18.8 Å². The smallest absolute Gasteiger partial charge is 0.125 e. The van der Waals surface area contributed by atoms with Gasteiger partial charge in [-0.15, -0.1) is 0 Å². The molecule has 3 heteroatoms. The average Bonchev–Trinajstić information content (AvgIpc) is 3.04. The number of anilines is 1. The summed E-state index contributed by atoms with van der Waals surface area (Å²) in [7, 11) is 0. The molecule has 2 rings (SSSR count). The van der Waals surface area contributed by atoms with E-state index in [1.807, 2.05) is 12.3 Å². The van der Waals surface area contributed by atoms with E-state index in [0.717, 1.165) is 31.4 Å². The van der Waals surface area contributed by atoms with Gasteiger partial charge in [0.1, 0.15) is 5.82 Å². The van der Waals surface area contributed by atoms with Crippen LogP contribution in [0.3, 0.4) is 0 Å². The van der Waals surface area contributed by atoms with E-state index >= 15 is 0 Å². The van der Waals surface area contributed by atoms with Crippen molar-refractivity contribution in [3.05, 3.63) is 23.9 Å².